The fourth-order valence-corrected chi connectivity index (χ4v) is 2.12. The van der Waals surface area contributed by atoms with E-state index in [2.05, 4.69) is 0 Å². The fourth-order valence-electron chi connectivity index (χ4n) is 2.12. The summed E-state index contributed by atoms with van der Waals surface area (Å²) in [6.45, 7) is 3.04. The van der Waals surface area contributed by atoms with Crippen LogP contribution >= 0.6 is 0 Å². The van der Waals surface area contributed by atoms with Crippen molar-refractivity contribution in [2.45, 2.75) is 32.2 Å². The maximum absolute atomic E-state index is 13.0. The van der Waals surface area contributed by atoms with E-state index in [1.165, 1.54) is 12.1 Å². The smallest absolute Gasteiger partial charge is 0.254 e. The number of amides is 1. The number of halogens is 1. The fraction of sp³-hybridized carbons (Fsp3) is 0.500. The Morgan fingerprint density at radius 1 is 1.50 bits per heavy atom. The summed E-state index contributed by atoms with van der Waals surface area (Å²) < 4.78 is 13.0. The summed E-state index contributed by atoms with van der Waals surface area (Å²) >= 11 is 0. The molecule has 3 nitrogen and oxygen atoms in total. The topological polar surface area (TPSA) is 46.3 Å². The molecule has 0 saturated heterocycles. The van der Waals surface area contributed by atoms with E-state index in [1.54, 1.807) is 13.0 Å². The van der Waals surface area contributed by atoms with Crippen LogP contribution in [0.5, 0.6) is 0 Å². The second-order valence-corrected chi connectivity index (χ2v) is 4.83. The molecule has 1 saturated carbocycles. The Kier molecular flexibility index (Phi) is 3.97. The lowest BCUT2D eigenvalue weighted by Crippen LogP contribution is -2.35. The van der Waals surface area contributed by atoms with Crippen LogP contribution < -0.4 is 5.73 Å². The summed E-state index contributed by atoms with van der Waals surface area (Å²) in [6, 6.07) is 4.67. The Morgan fingerprint density at radius 2 is 2.22 bits per heavy atom. The van der Waals surface area contributed by atoms with Gasteiger partial charge in [-0.25, -0.2) is 4.39 Å². The molecule has 0 radical (unpaired) electrons. The average molecular weight is 250 g/mol. The molecular formula is C14H19FN2O. The highest BCUT2D eigenvalue weighted by molar-refractivity contribution is 5.96. The van der Waals surface area contributed by atoms with Crippen LogP contribution in [-0.4, -0.2) is 29.9 Å². The Bertz CT molecular complexity index is 443. The lowest BCUT2D eigenvalue weighted by atomic mass is 10.1. The van der Waals surface area contributed by atoms with Crippen molar-refractivity contribution in [3.63, 3.8) is 0 Å². The van der Waals surface area contributed by atoms with E-state index in [9.17, 15) is 9.18 Å². The first-order valence-corrected chi connectivity index (χ1v) is 6.40. The predicted octanol–water partition coefficient (Wildman–Crippen LogP) is 2.09. The zero-order valence-corrected chi connectivity index (χ0v) is 10.7. The molecule has 1 aromatic rings. The average Bonchev–Trinajstić information content (AvgIpc) is 3.13. The lowest BCUT2D eigenvalue weighted by molar-refractivity contribution is 0.0741. The van der Waals surface area contributed by atoms with E-state index in [-0.39, 0.29) is 11.7 Å². The minimum Gasteiger partial charge on any atom is -0.336 e. The van der Waals surface area contributed by atoms with Gasteiger partial charge < -0.3 is 10.6 Å². The summed E-state index contributed by atoms with van der Waals surface area (Å²) in [7, 11) is 0. The highest BCUT2D eigenvalue weighted by atomic mass is 19.1. The van der Waals surface area contributed by atoms with E-state index in [0.717, 1.165) is 19.3 Å². The van der Waals surface area contributed by atoms with Gasteiger partial charge in [0.25, 0.3) is 5.91 Å². The minimum absolute atomic E-state index is 0.00319. The number of rotatable bonds is 5. The highest BCUT2D eigenvalue weighted by Crippen LogP contribution is 2.29. The first-order chi connectivity index (χ1) is 8.63. The summed E-state index contributed by atoms with van der Waals surface area (Å²) in [4.78, 5) is 14.3. The van der Waals surface area contributed by atoms with Crippen LogP contribution in [0.15, 0.2) is 18.2 Å². The van der Waals surface area contributed by atoms with Crippen LogP contribution in [0, 0.1) is 12.7 Å². The van der Waals surface area contributed by atoms with Crippen molar-refractivity contribution in [1.29, 1.82) is 0 Å². The quantitative estimate of drug-likeness (QED) is 0.869. The van der Waals surface area contributed by atoms with Gasteiger partial charge in [0.05, 0.1) is 0 Å². The first kappa shape index (κ1) is 13.0. The van der Waals surface area contributed by atoms with E-state index in [1.807, 2.05) is 4.90 Å². The van der Waals surface area contributed by atoms with Crippen molar-refractivity contribution in [1.82, 2.24) is 4.90 Å². The van der Waals surface area contributed by atoms with Gasteiger partial charge in [0.2, 0.25) is 0 Å². The molecule has 0 unspecified atom stereocenters. The zero-order valence-electron chi connectivity index (χ0n) is 10.7. The molecular weight excluding hydrogens is 231 g/mol. The Hall–Kier alpha value is -1.42. The predicted molar refractivity (Wildman–Crippen MR) is 68.9 cm³/mol. The lowest BCUT2D eigenvalue weighted by Gasteiger charge is -2.23. The third-order valence-electron chi connectivity index (χ3n) is 3.27. The molecule has 2 N–H and O–H groups in total. The molecule has 1 fully saturated rings. The maximum Gasteiger partial charge on any atom is 0.254 e. The molecule has 0 aliphatic heterocycles. The van der Waals surface area contributed by atoms with Gasteiger partial charge in [0.15, 0.2) is 0 Å². The Morgan fingerprint density at radius 3 is 2.78 bits per heavy atom. The second kappa shape index (κ2) is 5.48. The van der Waals surface area contributed by atoms with Crippen LogP contribution in [0.3, 0.4) is 0 Å². The van der Waals surface area contributed by atoms with Crippen molar-refractivity contribution in [3.8, 4) is 0 Å². The molecule has 98 valence electrons. The number of nitrogens with zero attached hydrogens (tertiary/aromatic N) is 1. The Labute approximate surface area is 107 Å². The van der Waals surface area contributed by atoms with Gasteiger partial charge in [-0.15, -0.1) is 0 Å². The first-order valence-electron chi connectivity index (χ1n) is 6.40. The van der Waals surface area contributed by atoms with Gasteiger partial charge >= 0.3 is 0 Å². The molecule has 0 heterocycles. The molecule has 1 aliphatic carbocycles. The van der Waals surface area contributed by atoms with Gasteiger partial charge in [-0.2, -0.15) is 0 Å². The molecule has 0 spiro atoms. The van der Waals surface area contributed by atoms with E-state index >= 15 is 0 Å². The van der Waals surface area contributed by atoms with Crippen LogP contribution in [0.4, 0.5) is 4.39 Å². The van der Waals surface area contributed by atoms with E-state index in [0.29, 0.717) is 30.3 Å². The maximum atomic E-state index is 13.0. The SMILES string of the molecule is Cc1cc(F)ccc1C(=O)N(CCCN)C1CC1. The summed E-state index contributed by atoms with van der Waals surface area (Å²) in [5.74, 6) is -0.299. The molecule has 0 atom stereocenters. The molecule has 1 amide bonds. The third kappa shape index (κ3) is 2.88. The largest absolute Gasteiger partial charge is 0.336 e. The van der Waals surface area contributed by atoms with E-state index < -0.39 is 0 Å². The number of aryl methyl sites for hydroxylation is 1. The number of carbonyl (C=O) groups is 1. The molecule has 2 rings (SSSR count). The molecule has 18 heavy (non-hydrogen) atoms. The van der Waals surface area contributed by atoms with Crippen molar-refractivity contribution < 1.29 is 9.18 Å². The molecule has 1 aliphatic rings. The third-order valence-corrected chi connectivity index (χ3v) is 3.27. The summed E-state index contributed by atoms with van der Waals surface area (Å²) in [5, 5.41) is 0. The monoisotopic (exact) mass is 250 g/mol. The highest BCUT2D eigenvalue weighted by Gasteiger charge is 2.32. The van der Waals surface area contributed by atoms with Crippen LogP contribution in [0.2, 0.25) is 0 Å². The number of nitrogens with two attached hydrogens (primary N) is 1. The summed E-state index contributed by atoms with van der Waals surface area (Å²) in [6.07, 6.45) is 2.94. The summed E-state index contributed by atoms with van der Waals surface area (Å²) in [5.41, 5.74) is 6.79. The van der Waals surface area contributed by atoms with Crippen molar-refractivity contribution in [2.75, 3.05) is 13.1 Å². The zero-order chi connectivity index (χ0) is 13.1. The van der Waals surface area contributed by atoms with Gasteiger partial charge in [-0.1, -0.05) is 0 Å². The van der Waals surface area contributed by atoms with Crippen LogP contribution in [-0.2, 0) is 0 Å². The number of hydrogen-bond donors (Lipinski definition) is 1. The van der Waals surface area contributed by atoms with Crippen LogP contribution in [0.25, 0.3) is 0 Å². The van der Waals surface area contributed by atoms with Gasteiger partial charge in [0, 0.05) is 18.2 Å². The second-order valence-electron chi connectivity index (χ2n) is 4.83. The van der Waals surface area contributed by atoms with Crippen molar-refractivity contribution in [2.24, 2.45) is 5.73 Å². The number of carbonyl (C=O) groups excluding carboxylic acids is 1. The molecule has 0 bridgehead atoms. The van der Waals surface area contributed by atoms with E-state index in [4.69, 9.17) is 5.73 Å². The van der Waals surface area contributed by atoms with Crippen molar-refractivity contribution in [3.05, 3.63) is 35.1 Å². The molecule has 0 aromatic heterocycles. The Balaban J connectivity index is 2.16. The number of benzene rings is 1. The van der Waals surface area contributed by atoms with Crippen LogP contribution in [0.1, 0.15) is 35.2 Å². The van der Waals surface area contributed by atoms with Gasteiger partial charge in [0.1, 0.15) is 5.82 Å². The van der Waals surface area contributed by atoms with Crippen molar-refractivity contribution >= 4 is 5.91 Å². The number of hydrogen-bond acceptors (Lipinski definition) is 2. The molecule has 1 aromatic carbocycles. The molecule has 4 heteroatoms. The normalized spacial score (nSPS) is 14.6. The van der Waals surface area contributed by atoms with Gasteiger partial charge in [-0.3, -0.25) is 4.79 Å². The standard InChI is InChI=1S/C14H19FN2O/c1-10-9-11(15)3-6-13(10)14(18)17(8-2-7-16)12-4-5-12/h3,6,9,12H,2,4-5,7-8,16H2,1H3. The minimum atomic E-state index is -0.302. The van der Waals surface area contributed by atoms with Gasteiger partial charge in [-0.05, 0) is 56.5 Å².